The first-order valence-corrected chi connectivity index (χ1v) is 7.73. The number of carbonyl (C=O) groups excluding carboxylic acids is 1. The van der Waals surface area contributed by atoms with Crippen LogP contribution in [-0.2, 0) is 4.79 Å². The Labute approximate surface area is 140 Å². The van der Waals surface area contributed by atoms with Gasteiger partial charge in [-0.05, 0) is 30.7 Å². The predicted octanol–water partition coefficient (Wildman–Crippen LogP) is 3.51. The van der Waals surface area contributed by atoms with Gasteiger partial charge in [-0.25, -0.2) is 0 Å². The highest BCUT2D eigenvalue weighted by molar-refractivity contribution is 6.04. The van der Waals surface area contributed by atoms with Crippen LogP contribution in [-0.4, -0.2) is 25.3 Å². The lowest BCUT2D eigenvalue weighted by atomic mass is 10.2. The third kappa shape index (κ3) is 3.63. The molecule has 0 saturated heterocycles. The van der Waals surface area contributed by atoms with E-state index in [9.17, 15) is 4.79 Å². The van der Waals surface area contributed by atoms with E-state index in [1.807, 2.05) is 30.3 Å². The first-order chi connectivity index (χ1) is 11.8. The summed E-state index contributed by atoms with van der Waals surface area (Å²) in [4.78, 5) is 12.5. The van der Waals surface area contributed by atoms with E-state index in [0.29, 0.717) is 30.4 Å². The number of rotatable bonds is 4. The fourth-order valence-electron chi connectivity index (χ4n) is 2.33. The highest BCUT2D eigenvalue weighted by Gasteiger charge is 2.17. The average molecular weight is 322 g/mol. The van der Waals surface area contributed by atoms with Crippen molar-refractivity contribution in [2.24, 2.45) is 5.10 Å². The molecular weight excluding hydrogens is 304 g/mol. The number of amides is 1. The van der Waals surface area contributed by atoms with Gasteiger partial charge in [0, 0.05) is 18.4 Å². The molecule has 5 heteroatoms. The zero-order valence-corrected chi connectivity index (χ0v) is 13.4. The second-order valence-corrected chi connectivity index (χ2v) is 5.10. The van der Waals surface area contributed by atoms with Gasteiger partial charge in [-0.3, -0.25) is 4.79 Å². The number of fused-ring (bicyclic) bond motifs is 1. The van der Waals surface area contributed by atoms with Crippen molar-refractivity contribution in [1.82, 2.24) is 0 Å². The zero-order chi connectivity index (χ0) is 16.8. The number of nitrogens with zero attached hydrogens (tertiary/aromatic N) is 2. The molecule has 122 valence electrons. The minimum absolute atomic E-state index is 0.242. The molecule has 0 bridgehead atoms. The number of ether oxygens (including phenoxy) is 2. The smallest absolute Gasteiger partial charge is 0.271 e. The fraction of sp³-hybridized carbons (Fsp3) is 0.158. The van der Waals surface area contributed by atoms with Gasteiger partial charge < -0.3 is 9.47 Å². The number of carbonyl (C=O) groups is 1. The maximum Gasteiger partial charge on any atom is 0.271 e. The van der Waals surface area contributed by atoms with E-state index in [-0.39, 0.29) is 5.91 Å². The molecule has 1 amide bonds. The van der Waals surface area contributed by atoms with Crippen LogP contribution in [0.3, 0.4) is 0 Å². The number of hydrazone groups is 1. The Morgan fingerprint density at radius 2 is 1.83 bits per heavy atom. The van der Waals surface area contributed by atoms with Gasteiger partial charge in [0.2, 0.25) is 0 Å². The van der Waals surface area contributed by atoms with Crippen LogP contribution >= 0.6 is 0 Å². The van der Waals surface area contributed by atoms with Crippen LogP contribution in [0, 0.1) is 0 Å². The molecule has 2 aromatic rings. The Morgan fingerprint density at radius 1 is 1.08 bits per heavy atom. The maximum absolute atomic E-state index is 12.5. The van der Waals surface area contributed by atoms with Gasteiger partial charge in [0.15, 0.2) is 11.5 Å². The first kappa shape index (κ1) is 15.8. The van der Waals surface area contributed by atoms with Gasteiger partial charge >= 0.3 is 0 Å². The molecule has 0 aromatic heterocycles. The Bertz CT molecular complexity index is 769. The van der Waals surface area contributed by atoms with Crippen molar-refractivity contribution in [1.29, 1.82) is 0 Å². The van der Waals surface area contributed by atoms with Crippen LogP contribution in [0.25, 0.3) is 6.08 Å². The van der Waals surface area contributed by atoms with Gasteiger partial charge in [-0.15, -0.1) is 0 Å². The summed E-state index contributed by atoms with van der Waals surface area (Å²) in [5, 5.41) is 5.50. The first-order valence-electron chi connectivity index (χ1n) is 7.73. The van der Waals surface area contributed by atoms with E-state index in [0.717, 1.165) is 5.56 Å². The lowest BCUT2D eigenvalue weighted by Gasteiger charge is -2.21. The summed E-state index contributed by atoms with van der Waals surface area (Å²) in [7, 11) is 0. The molecule has 1 aliphatic rings. The van der Waals surface area contributed by atoms with Crippen molar-refractivity contribution < 1.29 is 14.3 Å². The summed E-state index contributed by atoms with van der Waals surface area (Å²) in [6.45, 7) is 2.79. The van der Waals surface area contributed by atoms with Crippen molar-refractivity contribution in [2.75, 3.05) is 18.2 Å². The van der Waals surface area contributed by atoms with Gasteiger partial charge in [0.05, 0.1) is 5.69 Å². The number of benzene rings is 2. The van der Waals surface area contributed by atoms with E-state index >= 15 is 0 Å². The molecule has 0 radical (unpaired) electrons. The lowest BCUT2D eigenvalue weighted by Crippen LogP contribution is -2.24. The molecule has 0 N–H and O–H groups in total. The second-order valence-electron chi connectivity index (χ2n) is 5.10. The van der Waals surface area contributed by atoms with Crippen LogP contribution in [0.15, 0.2) is 59.7 Å². The number of hydrogen-bond acceptors (Lipinski definition) is 4. The summed E-state index contributed by atoms with van der Waals surface area (Å²) in [5.41, 5.74) is 1.58. The molecule has 0 spiro atoms. The minimum Gasteiger partial charge on any atom is -0.486 e. The molecule has 1 aliphatic heterocycles. The van der Waals surface area contributed by atoms with Crippen molar-refractivity contribution >= 4 is 23.9 Å². The molecule has 0 atom stereocenters. The van der Waals surface area contributed by atoms with E-state index in [4.69, 9.17) is 9.47 Å². The van der Waals surface area contributed by atoms with E-state index in [1.54, 1.807) is 37.4 Å². The molecule has 1 heterocycles. The maximum atomic E-state index is 12.5. The summed E-state index contributed by atoms with van der Waals surface area (Å²) in [6.07, 6.45) is 4.84. The van der Waals surface area contributed by atoms with Crippen molar-refractivity contribution in [3.8, 4) is 11.5 Å². The molecule has 2 aromatic carbocycles. The van der Waals surface area contributed by atoms with Crippen LogP contribution < -0.4 is 14.5 Å². The van der Waals surface area contributed by atoms with Gasteiger partial charge in [-0.2, -0.15) is 10.1 Å². The van der Waals surface area contributed by atoms with Gasteiger partial charge in [-0.1, -0.05) is 30.3 Å². The predicted molar refractivity (Wildman–Crippen MR) is 94.6 cm³/mol. The Morgan fingerprint density at radius 3 is 2.58 bits per heavy atom. The second kappa shape index (κ2) is 7.46. The SMILES string of the molecule is CC=NN(C(=O)C=Cc1ccccc1)c1ccc2c(c1)OCCO2. The molecule has 5 nitrogen and oxygen atoms in total. The monoisotopic (exact) mass is 322 g/mol. The highest BCUT2D eigenvalue weighted by atomic mass is 16.6. The quantitative estimate of drug-likeness (QED) is 0.492. The third-order valence-corrected chi connectivity index (χ3v) is 3.43. The van der Waals surface area contributed by atoms with Crippen LogP contribution in [0.1, 0.15) is 12.5 Å². The third-order valence-electron chi connectivity index (χ3n) is 3.43. The summed E-state index contributed by atoms with van der Waals surface area (Å²) in [5.74, 6) is 1.06. The summed E-state index contributed by atoms with van der Waals surface area (Å²) >= 11 is 0. The van der Waals surface area contributed by atoms with Crippen molar-refractivity contribution in [3.05, 3.63) is 60.2 Å². The molecular formula is C19H18N2O3. The Balaban J connectivity index is 1.84. The van der Waals surface area contributed by atoms with Gasteiger partial charge in [0.1, 0.15) is 13.2 Å². The van der Waals surface area contributed by atoms with E-state index < -0.39 is 0 Å². The zero-order valence-electron chi connectivity index (χ0n) is 13.4. The molecule has 0 fully saturated rings. The highest BCUT2D eigenvalue weighted by Crippen LogP contribution is 2.34. The molecule has 24 heavy (non-hydrogen) atoms. The van der Waals surface area contributed by atoms with E-state index in [1.165, 1.54) is 11.1 Å². The summed E-state index contributed by atoms with van der Waals surface area (Å²) in [6, 6.07) is 15.0. The van der Waals surface area contributed by atoms with E-state index in [2.05, 4.69) is 5.10 Å². The van der Waals surface area contributed by atoms with Crippen LogP contribution in [0.2, 0.25) is 0 Å². The Hall–Kier alpha value is -3.08. The minimum atomic E-state index is -0.242. The average Bonchev–Trinajstić information content (AvgIpc) is 2.64. The van der Waals surface area contributed by atoms with Crippen molar-refractivity contribution in [3.63, 3.8) is 0 Å². The normalized spacial score (nSPS) is 13.4. The standard InChI is InChI=1S/C19H18N2O3/c1-2-20-21(19(22)11-8-15-6-4-3-5-7-15)16-9-10-17-18(14-16)24-13-12-23-17/h2-11,14H,12-13H2,1H3. The summed E-state index contributed by atoms with van der Waals surface area (Å²) < 4.78 is 11.1. The molecule has 0 saturated carbocycles. The van der Waals surface area contributed by atoms with Crippen molar-refractivity contribution in [2.45, 2.75) is 6.92 Å². The van der Waals surface area contributed by atoms with Crippen LogP contribution in [0.4, 0.5) is 5.69 Å². The van der Waals surface area contributed by atoms with Crippen LogP contribution in [0.5, 0.6) is 11.5 Å². The van der Waals surface area contributed by atoms with Gasteiger partial charge in [0.25, 0.3) is 5.91 Å². The molecule has 0 aliphatic carbocycles. The topological polar surface area (TPSA) is 51.1 Å². The number of anilines is 1. The molecule has 3 rings (SSSR count). The fourth-order valence-corrected chi connectivity index (χ4v) is 2.33. The number of hydrogen-bond donors (Lipinski definition) is 0. The lowest BCUT2D eigenvalue weighted by molar-refractivity contribution is -0.114. The molecule has 0 unspecified atom stereocenters. The largest absolute Gasteiger partial charge is 0.486 e. The Kier molecular flexibility index (Phi) is 4.91.